The zero-order valence-corrected chi connectivity index (χ0v) is 21.2. The second-order valence-corrected chi connectivity index (χ2v) is 9.19. The minimum absolute atomic E-state index is 0.00595. The monoisotopic (exact) mass is 539 g/mol. The lowest BCUT2D eigenvalue weighted by molar-refractivity contribution is -0.143. The highest BCUT2D eigenvalue weighted by molar-refractivity contribution is 7.98. The number of nitrogens with one attached hydrogen (secondary N) is 3. The van der Waals surface area contributed by atoms with Crippen molar-refractivity contribution in [2.75, 3.05) is 12.0 Å². The minimum Gasteiger partial charge on any atom is -0.481 e. The van der Waals surface area contributed by atoms with Crippen LogP contribution in [0.4, 0.5) is 0 Å². The number of primary amides is 1. The van der Waals surface area contributed by atoms with E-state index in [-0.39, 0.29) is 25.7 Å². The van der Waals surface area contributed by atoms with Crippen molar-refractivity contribution in [3.8, 4) is 0 Å². The highest BCUT2D eigenvalue weighted by Gasteiger charge is 2.31. The first-order valence-corrected chi connectivity index (χ1v) is 12.8. The van der Waals surface area contributed by atoms with Crippen LogP contribution in [-0.4, -0.2) is 82.0 Å². The third kappa shape index (κ3) is 12.2. The molecule has 13 nitrogen and oxygen atoms in total. The molecule has 1 rings (SSSR count). The van der Waals surface area contributed by atoms with Crippen molar-refractivity contribution in [3.05, 3.63) is 35.9 Å². The third-order valence-corrected chi connectivity index (χ3v) is 5.84. The van der Waals surface area contributed by atoms with Crippen LogP contribution in [0.5, 0.6) is 0 Å². The molecule has 0 bridgehead atoms. The molecule has 1 aromatic carbocycles. The second kappa shape index (κ2) is 16.2. The van der Waals surface area contributed by atoms with Gasteiger partial charge in [-0.3, -0.25) is 24.0 Å². The quantitative estimate of drug-likeness (QED) is 0.122. The summed E-state index contributed by atoms with van der Waals surface area (Å²) in [6, 6.07) is 3.38. The fourth-order valence-corrected chi connectivity index (χ4v) is 3.66. The lowest BCUT2D eigenvalue weighted by atomic mass is 10.0. The number of thioether (sulfide) groups is 1. The molecule has 0 saturated heterocycles. The van der Waals surface area contributed by atoms with Crippen LogP contribution in [0.2, 0.25) is 0 Å². The highest BCUT2D eigenvalue weighted by atomic mass is 32.2. The molecule has 0 aromatic heterocycles. The van der Waals surface area contributed by atoms with Gasteiger partial charge in [-0.25, -0.2) is 4.79 Å². The summed E-state index contributed by atoms with van der Waals surface area (Å²) < 4.78 is 0. The number of carboxylic acids is 2. The first-order valence-electron chi connectivity index (χ1n) is 11.4. The van der Waals surface area contributed by atoms with E-state index in [4.69, 9.17) is 11.5 Å². The SMILES string of the molecule is CSCCC(NC(=O)C(CC(=O)O)NC(=O)C(N)CCC(N)=O)C(=O)NC(Cc1ccccc1)C(=O)O. The smallest absolute Gasteiger partial charge is 0.326 e. The molecule has 4 atom stereocenters. The van der Waals surface area contributed by atoms with Crippen molar-refractivity contribution in [3.63, 3.8) is 0 Å². The van der Waals surface area contributed by atoms with Gasteiger partial charge in [-0.05, 0) is 30.4 Å². The van der Waals surface area contributed by atoms with E-state index in [1.165, 1.54) is 11.8 Å². The molecule has 0 fully saturated rings. The predicted octanol–water partition coefficient (Wildman–Crippen LogP) is -1.41. The minimum atomic E-state index is -1.58. The Morgan fingerprint density at radius 2 is 1.43 bits per heavy atom. The van der Waals surface area contributed by atoms with Crippen LogP contribution < -0.4 is 27.4 Å². The van der Waals surface area contributed by atoms with E-state index < -0.39 is 66.2 Å². The number of hydrogen-bond acceptors (Lipinski definition) is 8. The zero-order chi connectivity index (χ0) is 28.0. The molecule has 0 radical (unpaired) electrons. The first-order chi connectivity index (χ1) is 17.4. The van der Waals surface area contributed by atoms with E-state index in [0.717, 1.165) is 0 Å². The van der Waals surface area contributed by atoms with Gasteiger partial charge in [-0.2, -0.15) is 11.8 Å². The van der Waals surface area contributed by atoms with Gasteiger partial charge < -0.3 is 37.6 Å². The summed E-state index contributed by atoms with van der Waals surface area (Å²) >= 11 is 1.38. The number of hydrogen-bond donors (Lipinski definition) is 7. The summed E-state index contributed by atoms with van der Waals surface area (Å²) in [5, 5.41) is 25.8. The molecular formula is C23H33N5O8S. The molecule has 0 heterocycles. The zero-order valence-electron chi connectivity index (χ0n) is 20.3. The molecule has 0 aliphatic heterocycles. The second-order valence-electron chi connectivity index (χ2n) is 8.20. The summed E-state index contributed by atoms with van der Waals surface area (Å²) in [6.45, 7) is 0. The summed E-state index contributed by atoms with van der Waals surface area (Å²) in [6.07, 6.45) is 0.790. The van der Waals surface area contributed by atoms with Crippen molar-refractivity contribution in [2.24, 2.45) is 11.5 Å². The summed E-state index contributed by atoms with van der Waals surface area (Å²) in [7, 11) is 0. The van der Waals surface area contributed by atoms with Gasteiger partial charge in [-0.1, -0.05) is 30.3 Å². The molecule has 14 heteroatoms. The Labute approximate surface area is 218 Å². The summed E-state index contributed by atoms with van der Waals surface area (Å²) in [4.78, 5) is 72.1. The Hall–Kier alpha value is -3.65. The van der Waals surface area contributed by atoms with Crippen LogP contribution in [0.25, 0.3) is 0 Å². The Kier molecular flexibility index (Phi) is 13.7. The van der Waals surface area contributed by atoms with Crippen molar-refractivity contribution in [1.29, 1.82) is 0 Å². The van der Waals surface area contributed by atoms with Crippen LogP contribution >= 0.6 is 11.8 Å². The molecule has 4 unspecified atom stereocenters. The number of nitrogens with two attached hydrogens (primary N) is 2. The average molecular weight is 540 g/mol. The van der Waals surface area contributed by atoms with Crippen LogP contribution in [0.3, 0.4) is 0 Å². The van der Waals surface area contributed by atoms with E-state index in [2.05, 4.69) is 16.0 Å². The van der Waals surface area contributed by atoms with Crippen molar-refractivity contribution in [1.82, 2.24) is 16.0 Å². The van der Waals surface area contributed by atoms with Crippen LogP contribution in [0.15, 0.2) is 30.3 Å². The number of benzene rings is 1. The van der Waals surface area contributed by atoms with E-state index in [0.29, 0.717) is 11.3 Å². The summed E-state index contributed by atoms with van der Waals surface area (Å²) in [5.74, 6) is -5.54. The van der Waals surface area contributed by atoms with Crippen molar-refractivity contribution < 1.29 is 39.0 Å². The van der Waals surface area contributed by atoms with Gasteiger partial charge in [0.1, 0.15) is 18.1 Å². The number of carboxylic acid groups (broad SMARTS) is 2. The lowest BCUT2D eigenvalue weighted by Gasteiger charge is -2.24. The first kappa shape index (κ1) is 31.4. The van der Waals surface area contributed by atoms with Crippen LogP contribution in [0, 0.1) is 0 Å². The van der Waals surface area contributed by atoms with E-state index >= 15 is 0 Å². The number of carbonyl (C=O) groups excluding carboxylic acids is 4. The Balaban J connectivity index is 2.97. The molecule has 1 aromatic rings. The largest absolute Gasteiger partial charge is 0.481 e. The van der Waals surface area contributed by atoms with Crippen molar-refractivity contribution in [2.45, 2.75) is 56.3 Å². The van der Waals surface area contributed by atoms with Crippen molar-refractivity contribution >= 4 is 47.3 Å². The standard InChI is InChI=1S/C23H33N5O8S/c1-37-10-9-15(21(33)28-17(23(35)36)11-13-5-3-2-4-6-13)26-22(34)16(12-19(30)31)27-20(32)14(24)7-8-18(25)29/h2-6,14-17H,7-12,24H2,1H3,(H2,25,29)(H,26,34)(H,27,32)(H,28,33)(H,30,31)(H,35,36). The fourth-order valence-electron chi connectivity index (χ4n) is 3.19. The van der Waals surface area contributed by atoms with E-state index in [9.17, 15) is 39.0 Å². The fraction of sp³-hybridized carbons (Fsp3) is 0.478. The molecule has 9 N–H and O–H groups in total. The molecule has 37 heavy (non-hydrogen) atoms. The van der Waals surface area contributed by atoms with Gasteiger partial charge in [0.25, 0.3) is 0 Å². The van der Waals surface area contributed by atoms with E-state index in [1.807, 2.05) is 0 Å². The van der Waals surface area contributed by atoms with Gasteiger partial charge in [0.15, 0.2) is 0 Å². The normalized spacial score (nSPS) is 13.9. The predicted molar refractivity (Wildman–Crippen MR) is 135 cm³/mol. The van der Waals surface area contributed by atoms with Gasteiger partial charge in [0.05, 0.1) is 12.5 Å². The van der Waals surface area contributed by atoms with Gasteiger partial charge in [0.2, 0.25) is 23.6 Å². The van der Waals surface area contributed by atoms with E-state index in [1.54, 1.807) is 36.6 Å². The molecule has 4 amide bonds. The number of amides is 4. The summed E-state index contributed by atoms with van der Waals surface area (Å²) in [5.41, 5.74) is 11.4. The van der Waals surface area contributed by atoms with Gasteiger partial charge in [-0.15, -0.1) is 0 Å². The molecule has 0 spiro atoms. The maximum atomic E-state index is 12.9. The molecule has 0 saturated carbocycles. The van der Waals surface area contributed by atoms with Crippen LogP contribution in [-0.2, 0) is 35.2 Å². The van der Waals surface area contributed by atoms with Crippen LogP contribution in [0.1, 0.15) is 31.2 Å². The third-order valence-electron chi connectivity index (χ3n) is 5.19. The molecule has 204 valence electrons. The Bertz CT molecular complexity index is 962. The lowest BCUT2D eigenvalue weighted by Crippen LogP contribution is -2.57. The van der Waals surface area contributed by atoms with Gasteiger partial charge >= 0.3 is 11.9 Å². The number of carbonyl (C=O) groups is 6. The maximum absolute atomic E-state index is 12.9. The average Bonchev–Trinajstić information content (AvgIpc) is 2.84. The number of aliphatic carboxylic acids is 2. The Morgan fingerprint density at radius 1 is 0.865 bits per heavy atom. The maximum Gasteiger partial charge on any atom is 0.326 e. The number of rotatable bonds is 17. The molecule has 0 aliphatic carbocycles. The van der Waals surface area contributed by atoms with Gasteiger partial charge in [0, 0.05) is 12.8 Å². The molecule has 0 aliphatic rings. The Morgan fingerprint density at radius 3 is 1.97 bits per heavy atom. The molecular weight excluding hydrogens is 506 g/mol. The topological polar surface area (TPSA) is 231 Å². The highest BCUT2D eigenvalue weighted by Crippen LogP contribution is 2.07.